The molecule has 3 aliphatic rings. The minimum atomic E-state index is -1.17. The molecule has 2 aromatic carbocycles. The number of fused-ring (bicyclic) bond motifs is 6. The first kappa shape index (κ1) is 47.9. The second-order valence-electron chi connectivity index (χ2n) is 19.1. The molecule has 2 aromatic heterocycles. The fourth-order valence-electron chi connectivity index (χ4n) is 9.93. The first-order valence-electron chi connectivity index (χ1n) is 23.1. The number of aromatic nitrogens is 2. The van der Waals surface area contributed by atoms with Crippen molar-refractivity contribution in [1.82, 2.24) is 35.1 Å². The number of aromatic hydroxyl groups is 1. The number of hydrazine groups is 1. The van der Waals surface area contributed by atoms with Crippen LogP contribution in [-0.4, -0.2) is 125 Å². The highest BCUT2D eigenvalue weighted by Crippen LogP contribution is 2.42. The molecule has 5 atom stereocenters. The van der Waals surface area contributed by atoms with E-state index >= 15 is 0 Å². The van der Waals surface area contributed by atoms with Gasteiger partial charge in [-0.2, -0.15) is 0 Å². The maximum absolute atomic E-state index is 14.7. The molecule has 1 unspecified atom stereocenters. The molecule has 2 fully saturated rings. The SMILES string of the molecule is CCn1c(-c2cccnc2[C@H](C)OC)c2c3cc(ccc31)-c1cc(O)cc(c1)C[C@H](NC(=O)C(C(C)C)N(C)C(=O)[C@H]1CCN(C(=O)OC)C1)C(=O)N1CCC[C@H](N1)C(=O)OCC(C)(C)C2. The van der Waals surface area contributed by atoms with Crippen LogP contribution < -0.4 is 10.7 Å². The van der Waals surface area contributed by atoms with E-state index in [2.05, 4.69) is 54.3 Å². The van der Waals surface area contributed by atoms with Crippen LogP contribution >= 0.6 is 0 Å². The second kappa shape index (κ2) is 19.8. The van der Waals surface area contributed by atoms with Crippen LogP contribution in [0.25, 0.3) is 33.3 Å². The summed E-state index contributed by atoms with van der Waals surface area (Å²) in [6.45, 7) is 13.4. The van der Waals surface area contributed by atoms with Gasteiger partial charge < -0.3 is 39.0 Å². The summed E-state index contributed by atoms with van der Waals surface area (Å²) in [5.41, 5.74) is 9.50. The minimum Gasteiger partial charge on any atom is -0.508 e. The van der Waals surface area contributed by atoms with Crippen molar-refractivity contribution in [2.45, 2.75) is 104 Å². The van der Waals surface area contributed by atoms with Gasteiger partial charge in [0, 0.05) is 74.8 Å². The molecule has 4 amide bonds. The number of likely N-dealkylation sites (N-methyl/N-ethyl adjacent to an activating group) is 1. The number of hydrogen-bond donors (Lipinski definition) is 3. The zero-order chi connectivity index (χ0) is 47.6. The second-order valence-corrected chi connectivity index (χ2v) is 19.1. The number of amides is 4. The molecule has 3 N–H and O–H groups in total. The van der Waals surface area contributed by atoms with Crippen LogP contribution in [0.4, 0.5) is 4.79 Å². The Morgan fingerprint density at radius 1 is 1.05 bits per heavy atom. The summed E-state index contributed by atoms with van der Waals surface area (Å²) >= 11 is 0. The molecule has 4 aromatic rings. The van der Waals surface area contributed by atoms with Gasteiger partial charge in [-0.25, -0.2) is 10.2 Å². The van der Waals surface area contributed by atoms with Gasteiger partial charge in [0.15, 0.2) is 0 Å². The van der Waals surface area contributed by atoms with Gasteiger partial charge in [-0.15, -0.1) is 0 Å². The number of methoxy groups -OCH3 is 2. The Labute approximate surface area is 386 Å². The third-order valence-electron chi connectivity index (χ3n) is 13.3. The van der Waals surface area contributed by atoms with E-state index in [1.807, 2.05) is 39.0 Å². The first-order valence-corrected chi connectivity index (χ1v) is 23.1. The van der Waals surface area contributed by atoms with Gasteiger partial charge in [0.05, 0.1) is 37.1 Å². The summed E-state index contributed by atoms with van der Waals surface area (Å²) in [5, 5.41) is 16.7. The highest BCUT2D eigenvalue weighted by molar-refractivity contribution is 5.96. The molecule has 354 valence electrons. The van der Waals surface area contributed by atoms with Gasteiger partial charge in [0.1, 0.15) is 23.9 Å². The molecule has 3 aliphatic heterocycles. The van der Waals surface area contributed by atoms with Crippen molar-refractivity contribution in [3.05, 3.63) is 71.5 Å². The summed E-state index contributed by atoms with van der Waals surface area (Å²) < 4.78 is 19.1. The zero-order valence-corrected chi connectivity index (χ0v) is 39.7. The predicted octanol–water partition coefficient (Wildman–Crippen LogP) is 6.02. The molecule has 66 heavy (non-hydrogen) atoms. The lowest BCUT2D eigenvalue weighted by molar-refractivity contribution is -0.155. The van der Waals surface area contributed by atoms with Crippen molar-refractivity contribution in [2.75, 3.05) is 47.5 Å². The maximum atomic E-state index is 14.7. The Hall–Kier alpha value is -6.00. The highest BCUT2D eigenvalue weighted by atomic mass is 16.5. The molecule has 16 heteroatoms. The van der Waals surface area contributed by atoms with Crippen LogP contribution in [0, 0.1) is 17.3 Å². The number of phenols is 1. The molecule has 16 nitrogen and oxygen atoms in total. The van der Waals surface area contributed by atoms with Crippen molar-refractivity contribution >= 4 is 40.7 Å². The van der Waals surface area contributed by atoms with Crippen molar-refractivity contribution in [3.63, 3.8) is 0 Å². The number of phenolic OH excluding ortho intramolecular Hbond substituents is 1. The molecule has 0 aliphatic carbocycles. The van der Waals surface area contributed by atoms with E-state index in [-0.39, 0.29) is 49.8 Å². The van der Waals surface area contributed by atoms with Crippen LogP contribution in [0.3, 0.4) is 0 Å². The number of nitrogens with zero attached hydrogens (tertiary/aromatic N) is 5. The van der Waals surface area contributed by atoms with Crippen LogP contribution in [-0.2, 0) is 52.8 Å². The Morgan fingerprint density at radius 2 is 1.82 bits per heavy atom. The number of pyridine rings is 1. The number of cyclic esters (lactones) is 1. The first-order chi connectivity index (χ1) is 31.4. The quantitative estimate of drug-likeness (QED) is 0.167. The molecular weight excluding hydrogens is 843 g/mol. The van der Waals surface area contributed by atoms with E-state index in [4.69, 9.17) is 19.2 Å². The fourth-order valence-corrected chi connectivity index (χ4v) is 9.93. The number of aryl methyl sites for hydroxylation is 1. The molecule has 0 saturated carbocycles. The third kappa shape index (κ3) is 9.90. The number of ether oxygens (including phenoxy) is 3. The van der Waals surface area contributed by atoms with Crippen molar-refractivity contribution in [3.8, 4) is 28.1 Å². The lowest BCUT2D eigenvalue weighted by Crippen LogP contribution is -2.62. The number of hydrogen-bond acceptors (Lipinski definition) is 11. The highest BCUT2D eigenvalue weighted by Gasteiger charge is 2.40. The Bertz CT molecular complexity index is 2480. The number of benzene rings is 2. The van der Waals surface area contributed by atoms with E-state index in [9.17, 15) is 29.1 Å². The number of rotatable bonds is 9. The molecule has 6 bridgehead atoms. The lowest BCUT2D eigenvalue weighted by atomic mass is 9.84. The minimum absolute atomic E-state index is 0.0156. The Kier molecular flexibility index (Phi) is 14.4. The summed E-state index contributed by atoms with van der Waals surface area (Å²) in [6, 6.07) is 12.5. The number of carbonyl (C=O) groups excluding carboxylic acids is 5. The average molecular weight is 908 g/mol. The van der Waals surface area contributed by atoms with Crippen molar-refractivity contribution in [2.24, 2.45) is 17.3 Å². The Morgan fingerprint density at radius 3 is 2.53 bits per heavy atom. The zero-order valence-electron chi connectivity index (χ0n) is 39.7. The van der Waals surface area contributed by atoms with Gasteiger partial charge in [0.25, 0.3) is 5.91 Å². The van der Waals surface area contributed by atoms with E-state index in [0.29, 0.717) is 49.9 Å². The van der Waals surface area contributed by atoms with Crippen LogP contribution in [0.5, 0.6) is 5.75 Å². The van der Waals surface area contributed by atoms with E-state index in [0.717, 1.165) is 39.0 Å². The summed E-state index contributed by atoms with van der Waals surface area (Å²) in [7, 11) is 4.53. The number of likely N-dealkylation sites (tertiary alicyclic amines) is 1. The Balaban J connectivity index is 1.31. The van der Waals surface area contributed by atoms with Gasteiger partial charge in [-0.05, 0) is 104 Å². The molecule has 5 heterocycles. The smallest absolute Gasteiger partial charge is 0.409 e. The van der Waals surface area contributed by atoms with E-state index in [1.165, 1.54) is 21.9 Å². The van der Waals surface area contributed by atoms with Gasteiger partial charge >= 0.3 is 12.1 Å². The van der Waals surface area contributed by atoms with Crippen molar-refractivity contribution in [1.29, 1.82) is 0 Å². The number of esters is 1. The van der Waals surface area contributed by atoms with Gasteiger partial charge in [-0.3, -0.25) is 29.2 Å². The van der Waals surface area contributed by atoms with Gasteiger partial charge in [0.2, 0.25) is 11.8 Å². The standard InChI is InChI=1S/C50H65N7O9/c1-10-56-41-16-15-32-25-37(41)38(44(56)36-13-11-18-51-42(36)30(4)64-8)26-50(5,6)28-66-48(62)39-14-12-19-57(53-39)47(61)40(23-31-21-34(32)24-35(58)22-31)52-45(59)43(29(2)3)54(7)46(60)33-17-20-55(27-33)49(63)65-9/h11,13,15-16,18,21-22,24-25,29-30,33,39-40,43,53,58H,10,12,14,17,19-20,23,26-28H2,1-9H3,(H,52,59)/t30-,33-,39-,40-,43?/m0/s1. The van der Waals surface area contributed by atoms with Gasteiger partial charge in [-0.1, -0.05) is 39.8 Å². The molecule has 7 rings (SSSR count). The van der Waals surface area contributed by atoms with E-state index in [1.54, 1.807) is 32.5 Å². The molecular formula is C50H65N7O9. The summed E-state index contributed by atoms with van der Waals surface area (Å²) in [5.74, 6) is -2.70. The lowest BCUT2D eigenvalue weighted by Gasteiger charge is -2.37. The molecule has 0 spiro atoms. The molecule has 0 radical (unpaired) electrons. The van der Waals surface area contributed by atoms with Crippen LogP contribution in [0.1, 0.15) is 83.7 Å². The van der Waals surface area contributed by atoms with E-state index < -0.39 is 53.3 Å². The topological polar surface area (TPSA) is 185 Å². The third-order valence-corrected chi connectivity index (χ3v) is 13.3. The van der Waals surface area contributed by atoms with Crippen LogP contribution in [0.15, 0.2) is 54.7 Å². The largest absolute Gasteiger partial charge is 0.508 e. The predicted molar refractivity (Wildman–Crippen MR) is 249 cm³/mol. The summed E-state index contributed by atoms with van der Waals surface area (Å²) in [4.78, 5) is 76.9. The average Bonchev–Trinajstić information content (AvgIpc) is 3.92. The normalized spacial score (nSPS) is 21.0. The van der Waals surface area contributed by atoms with Crippen LogP contribution in [0.2, 0.25) is 0 Å². The van der Waals surface area contributed by atoms with Crippen molar-refractivity contribution < 1.29 is 43.3 Å². The molecule has 2 saturated heterocycles. The number of carbonyl (C=O) groups is 5. The monoisotopic (exact) mass is 907 g/mol. The summed E-state index contributed by atoms with van der Waals surface area (Å²) in [6.07, 6.45) is 2.86. The maximum Gasteiger partial charge on any atom is 0.409 e. The number of nitrogens with one attached hydrogen (secondary N) is 2. The fraction of sp³-hybridized carbons (Fsp3) is 0.520.